The summed E-state index contributed by atoms with van der Waals surface area (Å²) in [6.45, 7) is 2.75. The van der Waals surface area contributed by atoms with E-state index in [4.69, 9.17) is 4.52 Å². The Morgan fingerprint density at radius 1 is 1.07 bits per heavy atom. The van der Waals surface area contributed by atoms with Crippen molar-refractivity contribution >= 4 is 11.8 Å². The van der Waals surface area contributed by atoms with Gasteiger partial charge in [0, 0.05) is 22.8 Å². The molecule has 2 aromatic heterocycles. The van der Waals surface area contributed by atoms with Gasteiger partial charge in [-0.05, 0) is 49.6 Å². The fraction of sp³-hybridized carbons (Fsp3) is 0.261. The van der Waals surface area contributed by atoms with Crippen molar-refractivity contribution in [3.63, 3.8) is 0 Å². The van der Waals surface area contributed by atoms with Gasteiger partial charge >= 0.3 is 0 Å². The van der Waals surface area contributed by atoms with Crippen molar-refractivity contribution in [3.8, 4) is 11.3 Å². The van der Waals surface area contributed by atoms with Crippen molar-refractivity contribution in [3.05, 3.63) is 83.1 Å². The number of nitrogens with zero attached hydrogens (tertiary/aromatic N) is 4. The predicted octanol–water partition coefficient (Wildman–Crippen LogP) is 5.60. The van der Waals surface area contributed by atoms with E-state index in [0.29, 0.717) is 17.4 Å². The summed E-state index contributed by atoms with van der Waals surface area (Å²) in [6, 6.07) is 16.7. The van der Waals surface area contributed by atoms with Gasteiger partial charge in [-0.25, -0.2) is 4.39 Å². The first-order valence-corrected chi connectivity index (χ1v) is 11.0. The van der Waals surface area contributed by atoms with Crippen LogP contribution in [0.2, 0.25) is 0 Å². The minimum Gasteiger partial charge on any atom is -0.356 e. The minimum absolute atomic E-state index is 0.268. The summed E-state index contributed by atoms with van der Waals surface area (Å²) >= 11 is 1.62. The number of aromatic nitrogens is 4. The SMILES string of the molecule is Cc1c(CSc2nnc(C3CC3)n2Cc2ccccc2)noc1-c1ccc(F)cc1. The van der Waals surface area contributed by atoms with E-state index in [9.17, 15) is 4.39 Å². The van der Waals surface area contributed by atoms with Gasteiger partial charge in [-0.2, -0.15) is 0 Å². The molecule has 0 amide bonds. The second-order valence-corrected chi connectivity index (χ2v) is 8.51. The number of thioether (sulfide) groups is 1. The molecule has 1 aliphatic rings. The Morgan fingerprint density at radius 2 is 1.83 bits per heavy atom. The zero-order chi connectivity index (χ0) is 20.5. The first-order chi connectivity index (χ1) is 14.7. The van der Waals surface area contributed by atoms with Crippen LogP contribution in [0.1, 0.15) is 41.4 Å². The molecule has 30 heavy (non-hydrogen) atoms. The smallest absolute Gasteiger partial charge is 0.191 e. The highest BCUT2D eigenvalue weighted by atomic mass is 32.2. The van der Waals surface area contributed by atoms with Crippen molar-refractivity contribution in [1.29, 1.82) is 0 Å². The molecule has 1 saturated carbocycles. The van der Waals surface area contributed by atoms with E-state index in [2.05, 4.69) is 44.2 Å². The quantitative estimate of drug-likeness (QED) is 0.364. The van der Waals surface area contributed by atoms with Crippen LogP contribution in [0.5, 0.6) is 0 Å². The molecule has 0 spiro atoms. The van der Waals surface area contributed by atoms with Gasteiger partial charge < -0.3 is 9.09 Å². The van der Waals surface area contributed by atoms with E-state index in [1.807, 2.05) is 13.0 Å². The number of hydrogen-bond acceptors (Lipinski definition) is 5. The topological polar surface area (TPSA) is 56.7 Å². The molecular formula is C23H21FN4OS. The molecule has 1 fully saturated rings. The Kier molecular flexibility index (Phi) is 5.12. The van der Waals surface area contributed by atoms with Gasteiger partial charge in [-0.3, -0.25) is 0 Å². The van der Waals surface area contributed by atoms with Gasteiger partial charge in [0.1, 0.15) is 11.6 Å². The number of benzene rings is 2. The van der Waals surface area contributed by atoms with Crippen molar-refractivity contribution in [1.82, 2.24) is 19.9 Å². The van der Waals surface area contributed by atoms with E-state index in [1.54, 1.807) is 23.9 Å². The number of halogens is 1. The summed E-state index contributed by atoms with van der Waals surface area (Å²) in [5, 5.41) is 14.1. The molecule has 5 nitrogen and oxygen atoms in total. The van der Waals surface area contributed by atoms with E-state index in [-0.39, 0.29) is 5.82 Å². The molecule has 7 heteroatoms. The zero-order valence-electron chi connectivity index (χ0n) is 16.6. The molecule has 0 N–H and O–H groups in total. The third-order valence-electron chi connectivity index (χ3n) is 5.34. The van der Waals surface area contributed by atoms with Crippen LogP contribution in [0, 0.1) is 12.7 Å². The molecule has 1 aliphatic carbocycles. The number of rotatable bonds is 7. The van der Waals surface area contributed by atoms with Crippen LogP contribution in [-0.4, -0.2) is 19.9 Å². The fourth-order valence-corrected chi connectivity index (χ4v) is 4.42. The van der Waals surface area contributed by atoms with Crippen LogP contribution in [0.25, 0.3) is 11.3 Å². The van der Waals surface area contributed by atoms with Gasteiger partial charge in [0.2, 0.25) is 0 Å². The average Bonchev–Trinajstić information content (AvgIpc) is 3.44. The maximum absolute atomic E-state index is 13.2. The maximum Gasteiger partial charge on any atom is 0.191 e. The lowest BCUT2D eigenvalue weighted by molar-refractivity contribution is 0.426. The molecule has 0 radical (unpaired) electrons. The summed E-state index contributed by atoms with van der Waals surface area (Å²) in [5.74, 6) is 2.64. The Labute approximate surface area is 178 Å². The van der Waals surface area contributed by atoms with E-state index >= 15 is 0 Å². The lowest BCUT2D eigenvalue weighted by atomic mass is 10.1. The fourth-order valence-electron chi connectivity index (χ4n) is 3.47. The molecule has 2 heterocycles. The van der Waals surface area contributed by atoms with Gasteiger partial charge in [-0.1, -0.05) is 47.3 Å². The van der Waals surface area contributed by atoms with Crippen molar-refractivity contribution in [2.24, 2.45) is 0 Å². The Balaban J connectivity index is 1.36. The first-order valence-electron chi connectivity index (χ1n) is 10.00. The van der Waals surface area contributed by atoms with Crippen LogP contribution < -0.4 is 0 Å². The highest BCUT2D eigenvalue weighted by molar-refractivity contribution is 7.98. The molecule has 0 saturated heterocycles. The van der Waals surface area contributed by atoms with Crippen LogP contribution >= 0.6 is 11.8 Å². The number of hydrogen-bond donors (Lipinski definition) is 0. The van der Waals surface area contributed by atoms with Gasteiger partial charge in [-0.15, -0.1) is 10.2 Å². The lowest BCUT2D eigenvalue weighted by Gasteiger charge is -2.09. The summed E-state index contributed by atoms with van der Waals surface area (Å²) in [6.07, 6.45) is 2.36. The first kappa shape index (κ1) is 19.1. The van der Waals surface area contributed by atoms with Crippen LogP contribution in [0.15, 0.2) is 64.3 Å². The molecule has 0 unspecified atom stereocenters. The summed E-state index contributed by atoms with van der Waals surface area (Å²) in [4.78, 5) is 0. The van der Waals surface area contributed by atoms with Crippen LogP contribution in [0.4, 0.5) is 4.39 Å². The van der Waals surface area contributed by atoms with Crippen molar-refractivity contribution in [2.45, 2.75) is 43.1 Å². The van der Waals surface area contributed by atoms with Gasteiger partial charge in [0.05, 0.1) is 12.2 Å². The Morgan fingerprint density at radius 3 is 2.57 bits per heavy atom. The average molecular weight is 421 g/mol. The minimum atomic E-state index is -0.268. The molecule has 152 valence electrons. The molecule has 0 aliphatic heterocycles. The summed E-state index contributed by atoms with van der Waals surface area (Å²) < 4.78 is 21.0. The summed E-state index contributed by atoms with van der Waals surface area (Å²) in [5.41, 5.74) is 3.88. The van der Waals surface area contributed by atoms with Crippen molar-refractivity contribution < 1.29 is 8.91 Å². The maximum atomic E-state index is 13.2. The van der Waals surface area contributed by atoms with E-state index in [1.165, 1.54) is 30.5 Å². The lowest BCUT2D eigenvalue weighted by Crippen LogP contribution is -2.06. The van der Waals surface area contributed by atoms with Crippen LogP contribution in [-0.2, 0) is 12.3 Å². The van der Waals surface area contributed by atoms with E-state index < -0.39 is 0 Å². The van der Waals surface area contributed by atoms with Gasteiger partial charge in [0.15, 0.2) is 10.9 Å². The molecule has 2 aromatic carbocycles. The highest BCUT2D eigenvalue weighted by Gasteiger charge is 2.30. The Bertz CT molecular complexity index is 1150. The monoisotopic (exact) mass is 420 g/mol. The predicted molar refractivity (Wildman–Crippen MR) is 114 cm³/mol. The third kappa shape index (κ3) is 3.89. The largest absolute Gasteiger partial charge is 0.356 e. The Hall–Kier alpha value is -2.93. The van der Waals surface area contributed by atoms with Gasteiger partial charge in [0.25, 0.3) is 0 Å². The van der Waals surface area contributed by atoms with Crippen LogP contribution in [0.3, 0.4) is 0 Å². The molecule has 5 rings (SSSR count). The second-order valence-electron chi connectivity index (χ2n) is 7.57. The summed E-state index contributed by atoms with van der Waals surface area (Å²) in [7, 11) is 0. The molecule has 0 bridgehead atoms. The van der Waals surface area contributed by atoms with E-state index in [0.717, 1.165) is 34.3 Å². The molecular weight excluding hydrogens is 399 g/mol. The zero-order valence-corrected chi connectivity index (χ0v) is 17.4. The standard InChI is InChI=1S/C23H21FN4OS/c1-15-20(27-29-21(15)17-9-11-19(24)12-10-17)14-30-23-26-25-22(18-7-8-18)28(23)13-16-5-3-2-4-6-16/h2-6,9-12,18H,7-8,13-14H2,1H3. The third-order valence-corrected chi connectivity index (χ3v) is 6.31. The normalized spacial score (nSPS) is 13.7. The second kappa shape index (κ2) is 8.07. The van der Waals surface area contributed by atoms with Crippen molar-refractivity contribution in [2.75, 3.05) is 0 Å². The molecule has 0 atom stereocenters. The molecule has 4 aromatic rings. The highest BCUT2D eigenvalue weighted by Crippen LogP contribution is 2.40.